The lowest BCUT2D eigenvalue weighted by atomic mass is 9.82. The van der Waals surface area contributed by atoms with E-state index in [4.69, 9.17) is 28.4 Å². The van der Waals surface area contributed by atoms with Crippen LogP contribution in [-0.2, 0) is 13.2 Å². The van der Waals surface area contributed by atoms with E-state index in [-0.39, 0.29) is 47.0 Å². The molecule has 0 fully saturated rings. The van der Waals surface area contributed by atoms with Crippen LogP contribution in [0.1, 0.15) is 122 Å². The maximum atomic E-state index is 14.9. The summed E-state index contributed by atoms with van der Waals surface area (Å²) in [5, 5.41) is 0. The number of fused-ring (bicyclic) bond motifs is 2. The first-order valence-electron chi connectivity index (χ1n) is 18.9. The molecule has 1 aliphatic rings. The van der Waals surface area contributed by atoms with Crippen LogP contribution in [0.5, 0.6) is 34.5 Å². The number of unbranched alkanes of at least 4 members (excludes halogenated alkanes) is 4. The summed E-state index contributed by atoms with van der Waals surface area (Å²) in [4.78, 5) is 29.9. The molecule has 4 aromatic rings. The zero-order valence-electron chi connectivity index (χ0n) is 31.1. The molecule has 0 saturated heterocycles. The van der Waals surface area contributed by atoms with Gasteiger partial charge in [-0.25, -0.2) is 0 Å². The Labute approximate surface area is 308 Å². The molecule has 276 valence electrons. The maximum Gasteiger partial charge on any atom is 0.204 e. The molecule has 52 heavy (non-hydrogen) atoms. The second-order valence-corrected chi connectivity index (χ2v) is 12.9. The van der Waals surface area contributed by atoms with Gasteiger partial charge in [0.05, 0.1) is 37.6 Å². The molecule has 0 radical (unpaired) electrons. The van der Waals surface area contributed by atoms with Gasteiger partial charge < -0.3 is 28.4 Å². The molecule has 0 heterocycles. The molecule has 0 aliphatic heterocycles. The fourth-order valence-corrected chi connectivity index (χ4v) is 5.82. The van der Waals surface area contributed by atoms with E-state index in [0.29, 0.717) is 49.4 Å². The Balaban J connectivity index is 1.71. The van der Waals surface area contributed by atoms with Crippen LogP contribution in [0.4, 0.5) is 0 Å². The maximum absolute atomic E-state index is 14.9. The van der Waals surface area contributed by atoms with Gasteiger partial charge in [0.1, 0.15) is 13.2 Å². The normalized spacial score (nSPS) is 11.8. The number of ether oxygens (including phenoxy) is 6. The van der Waals surface area contributed by atoms with Crippen LogP contribution >= 0.6 is 0 Å². The second kappa shape index (κ2) is 19.6. The van der Waals surface area contributed by atoms with E-state index in [1.165, 1.54) is 0 Å². The van der Waals surface area contributed by atoms with Gasteiger partial charge in [-0.2, -0.15) is 0 Å². The van der Waals surface area contributed by atoms with E-state index >= 15 is 0 Å². The van der Waals surface area contributed by atoms with Crippen LogP contribution in [-0.4, -0.2) is 38.0 Å². The molecule has 0 bridgehead atoms. The van der Waals surface area contributed by atoms with Gasteiger partial charge in [0.15, 0.2) is 34.6 Å². The van der Waals surface area contributed by atoms with Crippen molar-refractivity contribution >= 4 is 11.6 Å². The van der Waals surface area contributed by atoms with E-state index in [9.17, 15) is 9.59 Å². The SMILES string of the molecule is CCCCOc1cc2c(c(OCc3ccccc3)c1OCCCC)C(=O)c1cc(OCCCC)c(OCCCC)c(OCc3ccccc3)c1C2=O. The minimum atomic E-state index is -0.391. The molecular weight excluding hydrogens is 656 g/mol. The predicted molar refractivity (Wildman–Crippen MR) is 203 cm³/mol. The van der Waals surface area contributed by atoms with Gasteiger partial charge in [0, 0.05) is 11.1 Å². The van der Waals surface area contributed by atoms with Crippen LogP contribution < -0.4 is 28.4 Å². The zero-order chi connectivity index (χ0) is 36.7. The number of ketones is 2. The fraction of sp³-hybridized carbons (Fsp3) is 0.409. The van der Waals surface area contributed by atoms with E-state index in [0.717, 1.165) is 62.5 Å². The topological polar surface area (TPSA) is 89.5 Å². The molecule has 0 atom stereocenters. The summed E-state index contributed by atoms with van der Waals surface area (Å²) in [7, 11) is 0. The molecule has 8 heteroatoms. The summed E-state index contributed by atoms with van der Waals surface area (Å²) in [6.07, 6.45) is 6.86. The van der Waals surface area contributed by atoms with Crippen LogP contribution in [0, 0.1) is 0 Å². The monoisotopic (exact) mass is 708 g/mol. The summed E-state index contributed by atoms with van der Waals surface area (Å²) in [5.41, 5.74) is 2.41. The third-order valence-electron chi connectivity index (χ3n) is 8.80. The molecule has 5 rings (SSSR count). The fourth-order valence-electron chi connectivity index (χ4n) is 5.82. The van der Waals surface area contributed by atoms with Gasteiger partial charge in [-0.05, 0) is 48.9 Å². The van der Waals surface area contributed by atoms with Crippen molar-refractivity contribution in [2.75, 3.05) is 26.4 Å². The van der Waals surface area contributed by atoms with E-state index in [1.807, 2.05) is 60.7 Å². The number of carbonyl (C=O) groups excluding carboxylic acids is 2. The average Bonchev–Trinajstić information content (AvgIpc) is 3.17. The van der Waals surface area contributed by atoms with Crippen molar-refractivity contribution in [3.05, 3.63) is 106 Å². The first kappa shape index (κ1) is 38.3. The van der Waals surface area contributed by atoms with E-state index < -0.39 is 11.6 Å². The first-order valence-corrected chi connectivity index (χ1v) is 18.9. The van der Waals surface area contributed by atoms with Crippen molar-refractivity contribution in [1.29, 1.82) is 0 Å². The van der Waals surface area contributed by atoms with Crippen molar-refractivity contribution in [1.82, 2.24) is 0 Å². The van der Waals surface area contributed by atoms with Crippen molar-refractivity contribution in [3.63, 3.8) is 0 Å². The average molecular weight is 709 g/mol. The number of rotatable bonds is 22. The largest absolute Gasteiger partial charge is 0.490 e. The van der Waals surface area contributed by atoms with Gasteiger partial charge in [-0.3, -0.25) is 9.59 Å². The quantitative estimate of drug-likeness (QED) is 0.0657. The zero-order valence-corrected chi connectivity index (χ0v) is 31.1. The predicted octanol–water partition coefficient (Wildman–Crippen LogP) is 10.3. The molecule has 0 spiro atoms. The highest BCUT2D eigenvalue weighted by atomic mass is 16.5. The van der Waals surface area contributed by atoms with Crippen LogP contribution in [0.25, 0.3) is 0 Å². The smallest absolute Gasteiger partial charge is 0.204 e. The molecule has 0 aromatic heterocycles. The summed E-state index contributed by atoms with van der Waals surface area (Å²) in [6, 6.07) is 22.7. The highest BCUT2D eigenvalue weighted by molar-refractivity contribution is 6.31. The Hall–Kier alpha value is -4.98. The molecule has 1 aliphatic carbocycles. The second-order valence-electron chi connectivity index (χ2n) is 12.9. The summed E-state index contributed by atoms with van der Waals surface area (Å²) in [5.74, 6) is 0.971. The Morgan fingerprint density at radius 1 is 0.423 bits per heavy atom. The molecule has 0 saturated carbocycles. The van der Waals surface area contributed by atoms with Crippen molar-refractivity contribution < 1.29 is 38.0 Å². The molecule has 0 N–H and O–H groups in total. The summed E-state index contributed by atoms with van der Waals surface area (Å²) in [6.45, 7) is 10.3. The first-order chi connectivity index (χ1) is 25.5. The third kappa shape index (κ3) is 9.27. The van der Waals surface area contributed by atoms with Gasteiger partial charge in [-0.1, -0.05) is 114 Å². The summed E-state index contributed by atoms with van der Waals surface area (Å²) >= 11 is 0. The standard InChI is InChI=1S/C44H52O8/c1-5-9-23-47-35-27-33-37(43(41(35)49-25-11-7-3)51-29-31-19-15-13-16-20-31)40(46)34-28-36(48-24-10-6-2)42(50-26-12-8-4)44(38(34)39(33)45)52-30-32-21-17-14-18-22-32/h13-22,27-28H,5-12,23-26,29-30H2,1-4H3. The minimum absolute atomic E-state index is 0.135. The highest BCUT2D eigenvalue weighted by Gasteiger charge is 2.40. The molecule has 8 nitrogen and oxygen atoms in total. The Morgan fingerprint density at radius 2 is 0.769 bits per heavy atom. The van der Waals surface area contributed by atoms with E-state index in [1.54, 1.807) is 12.1 Å². The number of hydrogen-bond acceptors (Lipinski definition) is 8. The number of carbonyl (C=O) groups is 2. The van der Waals surface area contributed by atoms with Crippen molar-refractivity contribution in [2.45, 2.75) is 92.3 Å². The van der Waals surface area contributed by atoms with Crippen molar-refractivity contribution in [3.8, 4) is 34.5 Å². The van der Waals surface area contributed by atoms with Gasteiger partial charge in [0.25, 0.3) is 0 Å². The molecule has 0 amide bonds. The Morgan fingerprint density at radius 3 is 1.12 bits per heavy atom. The third-order valence-corrected chi connectivity index (χ3v) is 8.80. The van der Waals surface area contributed by atoms with Crippen LogP contribution in [0.2, 0.25) is 0 Å². The highest BCUT2D eigenvalue weighted by Crippen LogP contribution is 2.51. The number of benzene rings is 4. The van der Waals surface area contributed by atoms with Gasteiger partial charge in [0.2, 0.25) is 11.5 Å². The van der Waals surface area contributed by atoms with Gasteiger partial charge in [-0.15, -0.1) is 0 Å². The minimum Gasteiger partial charge on any atom is -0.490 e. The Bertz CT molecular complexity index is 1640. The van der Waals surface area contributed by atoms with Crippen LogP contribution in [0.3, 0.4) is 0 Å². The van der Waals surface area contributed by atoms with E-state index in [2.05, 4.69) is 27.7 Å². The summed E-state index contributed by atoms with van der Waals surface area (Å²) < 4.78 is 38.3. The Kier molecular flexibility index (Phi) is 14.4. The lowest BCUT2D eigenvalue weighted by Crippen LogP contribution is -2.25. The molecule has 4 aromatic carbocycles. The van der Waals surface area contributed by atoms with Crippen molar-refractivity contribution in [2.24, 2.45) is 0 Å². The van der Waals surface area contributed by atoms with Crippen LogP contribution in [0.15, 0.2) is 72.8 Å². The lowest BCUT2D eigenvalue weighted by Gasteiger charge is -2.27. The lowest BCUT2D eigenvalue weighted by molar-refractivity contribution is 0.0967. The number of hydrogen-bond donors (Lipinski definition) is 0. The molecule has 0 unspecified atom stereocenters. The molecular formula is C44H52O8. The van der Waals surface area contributed by atoms with Gasteiger partial charge >= 0.3 is 0 Å².